The molecule has 2 aromatic rings. The molecule has 0 spiro atoms. The number of nitrogens with zero attached hydrogens (tertiary/aromatic N) is 1. The first-order chi connectivity index (χ1) is 10.1. The van der Waals surface area contributed by atoms with Crippen LogP contribution in [-0.2, 0) is 13.0 Å². The summed E-state index contributed by atoms with van der Waals surface area (Å²) in [6.07, 6.45) is 4.22. The molecule has 114 valence electrons. The predicted octanol–water partition coefficient (Wildman–Crippen LogP) is 1.92. The molecule has 0 saturated heterocycles. The number of benzene rings is 1. The molecule has 0 saturated carbocycles. The number of aromatic carboxylic acids is 1. The van der Waals surface area contributed by atoms with Gasteiger partial charge in [0.2, 0.25) is 0 Å². The second-order valence-electron chi connectivity index (χ2n) is 5.28. The highest BCUT2D eigenvalue weighted by atomic mass is 16.4. The number of aliphatic hydroxyl groups excluding tert-OH is 1. The van der Waals surface area contributed by atoms with Crippen molar-refractivity contribution >= 4 is 16.9 Å². The van der Waals surface area contributed by atoms with E-state index in [1.807, 2.05) is 29.8 Å². The number of rotatable bonds is 7. The molecule has 0 unspecified atom stereocenters. The van der Waals surface area contributed by atoms with Crippen molar-refractivity contribution in [3.8, 4) is 0 Å². The highest BCUT2D eigenvalue weighted by Crippen LogP contribution is 2.28. The van der Waals surface area contributed by atoms with Gasteiger partial charge in [0.15, 0.2) is 0 Å². The van der Waals surface area contributed by atoms with Gasteiger partial charge in [0, 0.05) is 24.7 Å². The van der Waals surface area contributed by atoms with Crippen LogP contribution in [0.25, 0.3) is 10.9 Å². The van der Waals surface area contributed by atoms with Crippen LogP contribution in [0.5, 0.6) is 0 Å². The van der Waals surface area contributed by atoms with Crippen molar-refractivity contribution in [1.29, 1.82) is 0 Å². The number of fused-ring (bicyclic) bond motifs is 1. The van der Waals surface area contributed by atoms with E-state index in [0.29, 0.717) is 25.1 Å². The molecule has 1 heterocycles. The Bertz CT molecular complexity index is 646. The second-order valence-corrected chi connectivity index (χ2v) is 5.28. The zero-order valence-electron chi connectivity index (χ0n) is 12.3. The minimum atomic E-state index is -0.904. The molecule has 0 aliphatic heterocycles. The Balaban J connectivity index is 2.62. The summed E-state index contributed by atoms with van der Waals surface area (Å²) in [6, 6.07) is 3.82. The third-order valence-corrected chi connectivity index (χ3v) is 3.75. The molecule has 5 heteroatoms. The lowest BCUT2D eigenvalue weighted by Crippen LogP contribution is -2.08. The van der Waals surface area contributed by atoms with Gasteiger partial charge in [-0.3, -0.25) is 0 Å². The summed E-state index contributed by atoms with van der Waals surface area (Å²) in [5, 5.41) is 19.5. The number of aryl methyl sites for hydroxylation is 3. The first-order valence-corrected chi connectivity index (χ1v) is 7.25. The number of aromatic nitrogens is 1. The Labute approximate surface area is 124 Å². The number of carboxylic acids is 1. The highest BCUT2D eigenvalue weighted by molar-refractivity contribution is 6.04. The molecule has 2 rings (SSSR count). The molecule has 0 amide bonds. The molecular weight excluding hydrogens is 268 g/mol. The van der Waals surface area contributed by atoms with Crippen LogP contribution < -0.4 is 5.73 Å². The smallest absolute Gasteiger partial charge is 0.338 e. The fraction of sp³-hybridized carbons (Fsp3) is 0.438. The molecular formula is C16H22N2O3. The first-order valence-electron chi connectivity index (χ1n) is 7.25. The average Bonchev–Trinajstić information content (AvgIpc) is 2.80. The molecule has 1 aromatic heterocycles. The normalized spacial score (nSPS) is 11.2. The third kappa shape index (κ3) is 3.09. The summed E-state index contributed by atoms with van der Waals surface area (Å²) in [5.74, 6) is -0.904. The van der Waals surface area contributed by atoms with E-state index in [1.54, 1.807) is 0 Å². The van der Waals surface area contributed by atoms with Crippen LogP contribution in [0.4, 0.5) is 0 Å². The monoisotopic (exact) mass is 290 g/mol. The van der Waals surface area contributed by atoms with E-state index in [1.165, 1.54) is 0 Å². The van der Waals surface area contributed by atoms with Gasteiger partial charge in [-0.25, -0.2) is 4.79 Å². The fourth-order valence-corrected chi connectivity index (χ4v) is 2.75. The zero-order valence-corrected chi connectivity index (χ0v) is 12.3. The van der Waals surface area contributed by atoms with Crippen LogP contribution in [-0.4, -0.2) is 33.9 Å². The lowest BCUT2D eigenvalue weighted by molar-refractivity contribution is 0.0698. The van der Waals surface area contributed by atoms with Crippen LogP contribution in [0.2, 0.25) is 0 Å². The van der Waals surface area contributed by atoms with Crippen molar-refractivity contribution < 1.29 is 15.0 Å². The molecule has 4 N–H and O–H groups in total. The second kappa shape index (κ2) is 6.74. The maximum Gasteiger partial charge on any atom is 0.338 e. The van der Waals surface area contributed by atoms with Crippen LogP contribution in [0.1, 0.15) is 34.3 Å². The van der Waals surface area contributed by atoms with Crippen molar-refractivity contribution in [2.24, 2.45) is 5.73 Å². The van der Waals surface area contributed by atoms with Crippen molar-refractivity contribution in [3.63, 3.8) is 0 Å². The van der Waals surface area contributed by atoms with E-state index in [4.69, 9.17) is 10.8 Å². The van der Waals surface area contributed by atoms with Gasteiger partial charge < -0.3 is 20.5 Å². The third-order valence-electron chi connectivity index (χ3n) is 3.75. The van der Waals surface area contributed by atoms with Crippen molar-refractivity contribution in [2.45, 2.75) is 32.7 Å². The average molecular weight is 290 g/mol. The SMILES string of the molecule is Cc1ccc2c(CCCO)cn(CCCN)c2c1C(=O)O. The highest BCUT2D eigenvalue weighted by Gasteiger charge is 2.18. The first kappa shape index (κ1) is 15.5. The molecule has 21 heavy (non-hydrogen) atoms. The fourth-order valence-electron chi connectivity index (χ4n) is 2.75. The Morgan fingerprint density at radius 3 is 2.71 bits per heavy atom. The minimum absolute atomic E-state index is 0.132. The molecule has 0 bridgehead atoms. The molecule has 0 radical (unpaired) electrons. The van der Waals surface area contributed by atoms with Crippen molar-refractivity contribution in [1.82, 2.24) is 4.57 Å². The van der Waals surface area contributed by atoms with Gasteiger partial charge in [0.05, 0.1) is 11.1 Å². The van der Waals surface area contributed by atoms with Gasteiger partial charge >= 0.3 is 5.97 Å². The molecule has 0 aliphatic rings. The predicted molar refractivity (Wildman–Crippen MR) is 82.7 cm³/mol. The lowest BCUT2D eigenvalue weighted by Gasteiger charge is -2.09. The van der Waals surface area contributed by atoms with E-state index in [2.05, 4.69) is 0 Å². The number of carbonyl (C=O) groups is 1. The van der Waals surface area contributed by atoms with Gasteiger partial charge in [-0.15, -0.1) is 0 Å². The Kier molecular flexibility index (Phi) is 4.98. The summed E-state index contributed by atoms with van der Waals surface area (Å²) < 4.78 is 1.99. The van der Waals surface area contributed by atoms with E-state index in [9.17, 15) is 9.90 Å². The van der Waals surface area contributed by atoms with Crippen LogP contribution in [0, 0.1) is 6.92 Å². The van der Waals surface area contributed by atoms with Gasteiger partial charge in [0.1, 0.15) is 0 Å². The number of carboxylic acid groups (broad SMARTS) is 1. The van der Waals surface area contributed by atoms with Crippen LogP contribution in [0.3, 0.4) is 0 Å². The summed E-state index contributed by atoms with van der Waals surface area (Å²) in [4.78, 5) is 11.6. The topological polar surface area (TPSA) is 88.5 Å². The lowest BCUT2D eigenvalue weighted by atomic mass is 10.0. The van der Waals surface area contributed by atoms with Crippen molar-refractivity contribution in [2.75, 3.05) is 13.2 Å². The van der Waals surface area contributed by atoms with E-state index in [0.717, 1.165) is 34.9 Å². The molecule has 5 nitrogen and oxygen atoms in total. The van der Waals surface area contributed by atoms with Gasteiger partial charge in [-0.2, -0.15) is 0 Å². The van der Waals surface area contributed by atoms with Crippen LogP contribution in [0.15, 0.2) is 18.3 Å². The quantitative estimate of drug-likeness (QED) is 0.727. The van der Waals surface area contributed by atoms with Gasteiger partial charge in [-0.05, 0) is 43.9 Å². The van der Waals surface area contributed by atoms with E-state index < -0.39 is 5.97 Å². The maximum absolute atomic E-state index is 11.6. The number of aliphatic hydroxyl groups is 1. The number of nitrogens with two attached hydrogens (primary N) is 1. The van der Waals surface area contributed by atoms with E-state index in [-0.39, 0.29) is 6.61 Å². The van der Waals surface area contributed by atoms with Gasteiger partial charge in [-0.1, -0.05) is 12.1 Å². The summed E-state index contributed by atoms with van der Waals surface area (Å²) in [5.41, 5.74) is 8.54. The Hall–Kier alpha value is -1.85. The van der Waals surface area contributed by atoms with Crippen LogP contribution >= 0.6 is 0 Å². The number of hydrogen-bond donors (Lipinski definition) is 3. The van der Waals surface area contributed by atoms with Crippen molar-refractivity contribution in [3.05, 3.63) is 35.0 Å². The largest absolute Gasteiger partial charge is 0.478 e. The summed E-state index contributed by atoms with van der Waals surface area (Å²) in [7, 11) is 0. The standard InChI is InChI=1S/C16H22N2O3/c1-11-5-6-13-12(4-2-9-19)10-18(8-3-7-17)15(13)14(11)16(20)21/h5-6,10,19H,2-4,7-9,17H2,1H3,(H,20,21). The summed E-state index contributed by atoms with van der Waals surface area (Å²) >= 11 is 0. The Morgan fingerprint density at radius 1 is 1.33 bits per heavy atom. The zero-order chi connectivity index (χ0) is 15.4. The molecule has 1 aromatic carbocycles. The number of hydrogen-bond acceptors (Lipinski definition) is 3. The molecule has 0 atom stereocenters. The maximum atomic E-state index is 11.6. The van der Waals surface area contributed by atoms with E-state index >= 15 is 0 Å². The Morgan fingerprint density at radius 2 is 2.10 bits per heavy atom. The van der Waals surface area contributed by atoms with Gasteiger partial charge in [0.25, 0.3) is 0 Å². The minimum Gasteiger partial charge on any atom is -0.478 e. The molecule has 0 aliphatic carbocycles. The summed E-state index contributed by atoms with van der Waals surface area (Å²) in [6.45, 7) is 3.22. The molecule has 0 fully saturated rings.